The Morgan fingerprint density at radius 1 is 1.26 bits per heavy atom. The lowest BCUT2D eigenvalue weighted by Crippen LogP contribution is -2.39. The van der Waals surface area contributed by atoms with Crippen molar-refractivity contribution in [2.75, 3.05) is 24.2 Å². The zero-order chi connectivity index (χ0) is 20.0. The molecule has 10 heteroatoms. The van der Waals surface area contributed by atoms with Gasteiger partial charge in [0.25, 0.3) is 5.91 Å². The minimum atomic E-state index is -3.78. The first-order chi connectivity index (χ1) is 12.7. The summed E-state index contributed by atoms with van der Waals surface area (Å²) in [4.78, 5) is 12.2. The molecule has 7 nitrogen and oxygen atoms in total. The van der Waals surface area contributed by atoms with Gasteiger partial charge in [-0.1, -0.05) is 35.3 Å². The minimum absolute atomic E-state index is 0.110. The number of methoxy groups -OCH3 is 1. The van der Waals surface area contributed by atoms with Crippen LogP contribution >= 0.6 is 23.2 Å². The van der Waals surface area contributed by atoms with E-state index in [1.54, 1.807) is 31.4 Å². The largest absolute Gasteiger partial charge is 0.497 e. The van der Waals surface area contributed by atoms with Gasteiger partial charge in [0.15, 0.2) is 0 Å². The van der Waals surface area contributed by atoms with E-state index in [2.05, 4.69) is 10.5 Å². The third-order valence-electron chi connectivity index (χ3n) is 3.36. The van der Waals surface area contributed by atoms with E-state index < -0.39 is 22.5 Å². The van der Waals surface area contributed by atoms with E-state index in [9.17, 15) is 13.2 Å². The van der Waals surface area contributed by atoms with Crippen LogP contribution in [0.15, 0.2) is 47.6 Å². The second-order valence-corrected chi connectivity index (χ2v) is 8.19. The summed E-state index contributed by atoms with van der Waals surface area (Å²) in [6.45, 7) is -0.506. The van der Waals surface area contributed by atoms with Crippen LogP contribution in [0.4, 0.5) is 5.69 Å². The lowest BCUT2D eigenvalue weighted by molar-refractivity contribution is -0.119. The summed E-state index contributed by atoms with van der Waals surface area (Å²) in [6.07, 6.45) is 2.38. The van der Waals surface area contributed by atoms with Crippen molar-refractivity contribution >= 4 is 51.0 Å². The van der Waals surface area contributed by atoms with Gasteiger partial charge in [-0.05, 0) is 35.9 Å². The van der Waals surface area contributed by atoms with Gasteiger partial charge in [-0.3, -0.25) is 9.10 Å². The number of anilines is 1. The molecule has 0 fully saturated rings. The third kappa shape index (κ3) is 6.13. The first kappa shape index (κ1) is 21.0. The van der Waals surface area contributed by atoms with Gasteiger partial charge in [-0.15, -0.1) is 0 Å². The third-order valence-corrected chi connectivity index (χ3v) is 5.04. The average molecular weight is 430 g/mol. The summed E-state index contributed by atoms with van der Waals surface area (Å²) >= 11 is 12.0. The molecule has 0 aliphatic heterocycles. The number of hydrazone groups is 1. The zero-order valence-electron chi connectivity index (χ0n) is 14.5. The van der Waals surface area contributed by atoms with Crippen molar-refractivity contribution in [1.29, 1.82) is 0 Å². The van der Waals surface area contributed by atoms with Gasteiger partial charge in [0, 0.05) is 5.02 Å². The second kappa shape index (κ2) is 9.07. The van der Waals surface area contributed by atoms with Crippen molar-refractivity contribution in [3.05, 3.63) is 58.1 Å². The van der Waals surface area contributed by atoms with E-state index in [-0.39, 0.29) is 10.7 Å². The lowest BCUT2D eigenvalue weighted by atomic mass is 10.2. The molecule has 0 aliphatic carbocycles. The Kier molecular flexibility index (Phi) is 7.06. The molecule has 2 aromatic carbocycles. The molecule has 0 heterocycles. The van der Waals surface area contributed by atoms with E-state index in [4.69, 9.17) is 27.9 Å². The van der Waals surface area contributed by atoms with Gasteiger partial charge in [-0.25, -0.2) is 13.8 Å². The van der Waals surface area contributed by atoms with E-state index in [0.29, 0.717) is 16.3 Å². The number of carbonyl (C=O) groups excluding carboxylic acids is 1. The molecule has 0 saturated carbocycles. The number of hydrogen-bond donors (Lipinski definition) is 1. The highest BCUT2D eigenvalue weighted by atomic mass is 35.5. The summed E-state index contributed by atoms with van der Waals surface area (Å²) in [5, 5.41) is 4.27. The van der Waals surface area contributed by atoms with Crippen molar-refractivity contribution < 1.29 is 17.9 Å². The van der Waals surface area contributed by atoms with Crippen LogP contribution in [0.2, 0.25) is 10.0 Å². The summed E-state index contributed by atoms with van der Waals surface area (Å²) < 4.78 is 30.1. The van der Waals surface area contributed by atoms with Crippen molar-refractivity contribution in [2.24, 2.45) is 5.10 Å². The summed E-state index contributed by atoms with van der Waals surface area (Å²) in [7, 11) is -2.24. The monoisotopic (exact) mass is 429 g/mol. The van der Waals surface area contributed by atoms with E-state index in [0.717, 1.165) is 10.6 Å². The lowest BCUT2D eigenvalue weighted by Gasteiger charge is -2.22. The molecule has 0 spiro atoms. The smallest absolute Gasteiger partial charge is 0.260 e. The molecule has 1 N–H and O–H groups in total. The Hall–Kier alpha value is -2.29. The topological polar surface area (TPSA) is 88.1 Å². The number of benzene rings is 2. The highest BCUT2D eigenvalue weighted by Crippen LogP contribution is 2.30. The molecule has 0 unspecified atom stereocenters. The zero-order valence-corrected chi connectivity index (χ0v) is 16.8. The minimum Gasteiger partial charge on any atom is -0.497 e. The van der Waals surface area contributed by atoms with Gasteiger partial charge in [0.2, 0.25) is 10.0 Å². The number of halogens is 2. The van der Waals surface area contributed by atoms with Crippen LogP contribution in [0.5, 0.6) is 5.75 Å². The first-order valence-electron chi connectivity index (χ1n) is 7.59. The molecule has 0 bridgehead atoms. The number of nitrogens with zero attached hydrogens (tertiary/aromatic N) is 2. The second-order valence-electron chi connectivity index (χ2n) is 5.44. The Balaban J connectivity index is 2.12. The van der Waals surface area contributed by atoms with Crippen molar-refractivity contribution in [3.63, 3.8) is 0 Å². The first-order valence-corrected chi connectivity index (χ1v) is 10.2. The molecule has 144 valence electrons. The maximum Gasteiger partial charge on any atom is 0.260 e. The SMILES string of the molecule is COc1cccc(/C=N\NC(=O)CN(c2cc(Cl)ccc2Cl)S(C)(=O)=O)c1. The molecule has 2 aromatic rings. The molecule has 27 heavy (non-hydrogen) atoms. The van der Waals surface area contributed by atoms with Crippen LogP contribution in [0.1, 0.15) is 5.56 Å². The van der Waals surface area contributed by atoms with E-state index in [1.165, 1.54) is 24.4 Å². The fraction of sp³-hybridized carbons (Fsp3) is 0.176. The molecule has 0 aliphatic rings. The van der Waals surface area contributed by atoms with E-state index >= 15 is 0 Å². The maximum atomic E-state index is 12.2. The van der Waals surface area contributed by atoms with Gasteiger partial charge in [-0.2, -0.15) is 5.10 Å². The molecule has 0 atom stereocenters. The number of hydrogen-bond acceptors (Lipinski definition) is 5. The van der Waals surface area contributed by atoms with Crippen LogP contribution in [-0.2, 0) is 14.8 Å². The van der Waals surface area contributed by atoms with Crippen LogP contribution in [0.3, 0.4) is 0 Å². The average Bonchev–Trinajstić information content (AvgIpc) is 2.61. The Morgan fingerprint density at radius 3 is 2.67 bits per heavy atom. The molecule has 1 amide bonds. The molecule has 2 rings (SSSR count). The fourth-order valence-corrected chi connectivity index (χ4v) is 3.42. The Labute approximate surface area is 167 Å². The molecule has 0 radical (unpaired) electrons. The maximum absolute atomic E-state index is 12.2. The standard InChI is InChI=1S/C17H17Cl2N3O4S/c1-26-14-5-3-4-12(8-14)10-20-21-17(23)11-22(27(2,24)25)16-9-13(18)6-7-15(16)19/h3-10H,11H2,1-2H3,(H,21,23)/b20-10-. The summed E-state index contributed by atoms with van der Waals surface area (Å²) in [5.74, 6) is -0.000241. The molecule has 0 aromatic heterocycles. The quantitative estimate of drug-likeness (QED) is 0.541. The molecule has 0 saturated heterocycles. The summed E-state index contributed by atoms with van der Waals surface area (Å²) in [6, 6.07) is 11.4. The number of carbonyl (C=O) groups is 1. The van der Waals surface area contributed by atoms with Crippen molar-refractivity contribution in [3.8, 4) is 5.75 Å². The van der Waals surface area contributed by atoms with Crippen LogP contribution in [0.25, 0.3) is 0 Å². The molecular formula is C17H17Cl2N3O4S. The predicted molar refractivity (Wildman–Crippen MR) is 107 cm³/mol. The predicted octanol–water partition coefficient (Wildman–Crippen LogP) is 2.92. The summed E-state index contributed by atoms with van der Waals surface area (Å²) in [5.41, 5.74) is 3.09. The van der Waals surface area contributed by atoms with Gasteiger partial charge < -0.3 is 4.74 Å². The van der Waals surface area contributed by atoms with Crippen LogP contribution < -0.4 is 14.5 Å². The van der Waals surface area contributed by atoms with Gasteiger partial charge >= 0.3 is 0 Å². The highest BCUT2D eigenvalue weighted by molar-refractivity contribution is 7.92. The van der Waals surface area contributed by atoms with Gasteiger partial charge in [0.05, 0.1) is 30.3 Å². The number of nitrogens with one attached hydrogen (secondary N) is 1. The van der Waals surface area contributed by atoms with Crippen LogP contribution in [-0.4, -0.2) is 40.4 Å². The fourth-order valence-electron chi connectivity index (χ4n) is 2.12. The number of sulfonamides is 1. The number of ether oxygens (including phenoxy) is 1. The van der Waals surface area contributed by atoms with Gasteiger partial charge in [0.1, 0.15) is 12.3 Å². The van der Waals surface area contributed by atoms with Crippen molar-refractivity contribution in [2.45, 2.75) is 0 Å². The Morgan fingerprint density at radius 2 is 2.00 bits per heavy atom. The van der Waals surface area contributed by atoms with Crippen LogP contribution in [0, 0.1) is 0 Å². The van der Waals surface area contributed by atoms with Crippen molar-refractivity contribution in [1.82, 2.24) is 5.43 Å². The normalized spacial score (nSPS) is 11.4. The highest BCUT2D eigenvalue weighted by Gasteiger charge is 2.23. The number of rotatable bonds is 7. The number of amides is 1. The molecular weight excluding hydrogens is 413 g/mol. The van der Waals surface area contributed by atoms with E-state index in [1.807, 2.05) is 0 Å². The Bertz CT molecular complexity index is 964.